The second kappa shape index (κ2) is 6.60. The molecule has 0 unspecified atom stereocenters. The van der Waals surface area contributed by atoms with E-state index < -0.39 is 0 Å². The summed E-state index contributed by atoms with van der Waals surface area (Å²) < 4.78 is 5.84. The van der Waals surface area contributed by atoms with Gasteiger partial charge in [0.05, 0.1) is 5.56 Å². The van der Waals surface area contributed by atoms with Crippen LogP contribution in [0.1, 0.15) is 54.4 Å². The van der Waals surface area contributed by atoms with Crippen molar-refractivity contribution < 1.29 is 14.6 Å². The lowest BCUT2D eigenvalue weighted by Crippen LogP contribution is -2.48. The van der Waals surface area contributed by atoms with Gasteiger partial charge in [-0.05, 0) is 114 Å². The van der Waals surface area contributed by atoms with Crippen LogP contribution >= 0.6 is 0 Å². The van der Waals surface area contributed by atoms with Crippen LogP contribution in [-0.2, 0) is 5.41 Å². The summed E-state index contributed by atoms with van der Waals surface area (Å²) in [5, 5.41) is 12.3. The number of hydrogen-bond acceptors (Lipinski definition) is 3. The van der Waals surface area contributed by atoms with Gasteiger partial charge >= 0.3 is 5.97 Å². The van der Waals surface area contributed by atoms with E-state index in [2.05, 4.69) is 6.07 Å². The molecule has 4 fully saturated rings. The second-order valence-electron chi connectivity index (χ2n) is 9.83. The average molecular weight is 399 g/mol. The fourth-order valence-electron chi connectivity index (χ4n) is 7.00. The molecule has 3 nitrogen and oxygen atoms in total. The number of benzene rings is 3. The molecule has 4 aliphatic carbocycles. The molecule has 0 radical (unpaired) electrons. The van der Waals surface area contributed by atoms with Gasteiger partial charge in [-0.2, -0.15) is 0 Å². The maximum absolute atomic E-state index is 12.7. The number of hydrogen-bond donors (Lipinski definition) is 1. The summed E-state index contributed by atoms with van der Waals surface area (Å²) in [6.45, 7) is 0. The Balaban J connectivity index is 1.46. The predicted molar refractivity (Wildman–Crippen MR) is 117 cm³/mol. The van der Waals surface area contributed by atoms with Crippen molar-refractivity contribution in [2.24, 2.45) is 17.8 Å². The molecule has 0 saturated heterocycles. The molecular weight excluding hydrogens is 372 g/mol. The van der Waals surface area contributed by atoms with Crippen molar-refractivity contribution in [1.82, 2.24) is 0 Å². The van der Waals surface area contributed by atoms with Gasteiger partial charge in [0, 0.05) is 0 Å². The van der Waals surface area contributed by atoms with Gasteiger partial charge < -0.3 is 9.84 Å². The Kier molecular flexibility index (Phi) is 3.96. The monoisotopic (exact) mass is 398 g/mol. The van der Waals surface area contributed by atoms with E-state index in [9.17, 15) is 9.90 Å². The molecule has 4 saturated carbocycles. The lowest BCUT2D eigenvalue weighted by atomic mass is 9.47. The van der Waals surface area contributed by atoms with E-state index >= 15 is 0 Å². The van der Waals surface area contributed by atoms with Crippen LogP contribution in [0.25, 0.3) is 10.8 Å². The van der Waals surface area contributed by atoms with Crippen LogP contribution in [0.2, 0.25) is 0 Å². The van der Waals surface area contributed by atoms with E-state index in [0.717, 1.165) is 28.5 Å². The first-order valence-corrected chi connectivity index (χ1v) is 11.1. The highest BCUT2D eigenvalue weighted by Crippen LogP contribution is 2.61. The van der Waals surface area contributed by atoms with E-state index in [1.54, 1.807) is 18.2 Å². The number of phenolic OH excluding ortho intramolecular Hbond substituents is 1. The minimum absolute atomic E-state index is 0.149. The smallest absolute Gasteiger partial charge is 0.343 e. The molecule has 0 spiro atoms. The zero-order chi connectivity index (χ0) is 20.3. The Morgan fingerprint density at radius 2 is 1.53 bits per heavy atom. The first-order chi connectivity index (χ1) is 14.6. The van der Waals surface area contributed by atoms with Crippen molar-refractivity contribution >= 4 is 16.7 Å². The standard InChI is InChI=1S/C27H26O3/c28-22-7-6-21-11-23(30-26(29)20-4-2-1-3-5-20)13-25(24(21)12-22)27-14-17-8-18(15-27)10-19(9-17)16-27/h1-7,11-13,17-19,28H,8-10,14-16H2. The van der Waals surface area contributed by atoms with Gasteiger partial charge in [0.2, 0.25) is 0 Å². The number of phenols is 1. The minimum atomic E-state index is -0.329. The van der Waals surface area contributed by atoms with Crippen molar-refractivity contribution in [3.63, 3.8) is 0 Å². The molecule has 3 heteroatoms. The topological polar surface area (TPSA) is 46.5 Å². The lowest BCUT2D eigenvalue weighted by Gasteiger charge is -2.57. The molecule has 4 aliphatic rings. The normalized spacial score (nSPS) is 29.3. The van der Waals surface area contributed by atoms with Crippen LogP contribution in [0.3, 0.4) is 0 Å². The number of aromatic hydroxyl groups is 1. The van der Waals surface area contributed by atoms with Gasteiger partial charge in [-0.25, -0.2) is 4.79 Å². The highest BCUT2D eigenvalue weighted by Gasteiger charge is 2.52. The third-order valence-corrected chi connectivity index (χ3v) is 7.74. The summed E-state index contributed by atoms with van der Waals surface area (Å²) in [4.78, 5) is 12.7. The fourth-order valence-corrected chi connectivity index (χ4v) is 7.00. The third kappa shape index (κ3) is 2.91. The molecular formula is C27H26O3. The SMILES string of the molecule is O=C(Oc1cc(C23CC4CC(CC(C4)C2)C3)c2cc(O)ccc2c1)c1ccccc1. The Morgan fingerprint density at radius 3 is 2.20 bits per heavy atom. The van der Waals surface area contributed by atoms with Crippen molar-refractivity contribution in [1.29, 1.82) is 0 Å². The summed E-state index contributed by atoms with van der Waals surface area (Å²) in [5.41, 5.74) is 1.97. The van der Waals surface area contributed by atoms with Gasteiger partial charge in [0.25, 0.3) is 0 Å². The molecule has 0 atom stereocenters. The van der Waals surface area contributed by atoms with Gasteiger partial charge in [-0.15, -0.1) is 0 Å². The lowest BCUT2D eigenvalue weighted by molar-refractivity contribution is -0.00459. The first-order valence-electron chi connectivity index (χ1n) is 11.1. The summed E-state index contributed by atoms with van der Waals surface area (Å²) in [6.07, 6.45) is 7.81. The average Bonchev–Trinajstić information content (AvgIpc) is 2.73. The van der Waals surface area contributed by atoms with Crippen LogP contribution in [-0.4, -0.2) is 11.1 Å². The fraction of sp³-hybridized carbons (Fsp3) is 0.370. The number of carbonyl (C=O) groups is 1. The Labute approximate surface area is 176 Å². The number of esters is 1. The Morgan fingerprint density at radius 1 is 0.867 bits per heavy atom. The minimum Gasteiger partial charge on any atom is -0.508 e. The van der Waals surface area contributed by atoms with E-state index in [1.807, 2.05) is 36.4 Å². The van der Waals surface area contributed by atoms with E-state index in [0.29, 0.717) is 17.1 Å². The van der Waals surface area contributed by atoms with Crippen LogP contribution in [0.5, 0.6) is 11.5 Å². The summed E-state index contributed by atoms with van der Waals surface area (Å²) in [7, 11) is 0. The molecule has 30 heavy (non-hydrogen) atoms. The van der Waals surface area contributed by atoms with Crippen LogP contribution in [0.4, 0.5) is 0 Å². The van der Waals surface area contributed by atoms with Gasteiger partial charge in [-0.3, -0.25) is 0 Å². The maximum Gasteiger partial charge on any atom is 0.343 e. The van der Waals surface area contributed by atoms with Crippen molar-refractivity contribution in [3.8, 4) is 11.5 Å². The third-order valence-electron chi connectivity index (χ3n) is 7.74. The molecule has 3 aromatic carbocycles. The second-order valence-corrected chi connectivity index (χ2v) is 9.83. The zero-order valence-electron chi connectivity index (χ0n) is 17.0. The molecule has 152 valence electrons. The molecule has 7 rings (SSSR count). The highest BCUT2D eigenvalue weighted by molar-refractivity contribution is 5.93. The zero-order valence-corrected chi connectivity index (χ0v) is 17.0. The molecule has 3 aromatic rings. The largest absolute Gasteiger partial charge is 0.508 e. The number of rotatable bonds is 3. The van der Waals surface area contributed by atoms with Crippen LogP contribution < -0.4 is 4.74 Å². The van der Waals surface area contributed by atoms with Gasteiger partial charge in [-0.1, -0.05) is 24.3 Å². The van der Waals surface area contributed by atoms with Crippen molar-refractivity contribution in [2.45, 2.75) is 43.9 Å². The first kappa shape index (κ1) is 18.0. The van der Waals surface area contributed by atoms with E-state index in [-0.39, 0.29) is 11.4 Å². The van der Waals surface area contributed by atoms with E-state index in [1.165, 1.54) is 44.1 Å². The van der Waals surface area contributed by atoms with Gasteiger partial charge in [0.15, 0.2) is 0 Å². The molecule has 0 aliphatic heterocycles. The van der Waals surface area contributed by atoms with Crippen LogP contribution in [0, 0.1) is 17.8 Å². The molecule has 0 aromatic heterocycles. The summed E-state index contributed by atoms with van der Waals surface area (Å²) in [6, 6.07) is 18.7. The number of carbonyl (C=O) groups excluding carboxylic acids is 1. The molecule has 4 bridgehead atoms. The number of ether oxygens (including phenoxy) is 1. The Hall–Kier alpha value is -2.81. The molecule has 0 heterocycles. The van der Waals surface area contributed by atoms with Crippen molar-refractivity contribution in [2.75, 3.05) is 0 Å². The van der Waals surface area contributed by atoms with E-state index in [4.69, 9.17) is 4.74 Å². The number of fused-ring (bicyclic) bond motifs is 1. The summed E-state index contributed by atoms with van der Waals surface area (Å²) in [5.74, 6) is 3.03. The summed E-state index contributed by atoms with van der Waals surface area (Å²) >= 11 is 0. The van der Waals surface area contributed by atoms with Crippen molar-refractivity contribution in [3.05, 3.63) is 71.8 Å². The highest BCUT2D eigenvalue weighted by atomic mass is 16.5. The maximum atomic E-state index is 12.7. The molecule has 1 N–H and O–H groups in total. The molecule has 0 amide bonds. The Bertz CT molecular complexity index is 1100. The van der Waals surface area contributed by atoms with Crippen LogP contribution in [0.15, 0.2) is 60.7 Å². The quantitative estimate of drug-likeness (QED) is 0.420. The van der Waals surface area contributed by atoms with Gasteiger partial charge in [0.1, 0.15) is 11.5 Å². The predicted octanol–water partition coefficient (Wildman–Crippen LogP) is 6.23.